The number of rotatable bonds is 5. The number of nitro groups is 1. The largest absolute Gasteiger partial charge is 0.385 e. The molecule has 0 fully saturated rings. The van der Waals surface area contributed by atoms with E-state index in [1.54, 1.807) is 0 Å². The molecule has 0 saturated heterocycles. The Kier molecular flexibility index (Phi) is 4.33. The number of hydrogen-bond acceptors (Lipinski definition) is 7. The number of nitrogens with two attached hydrogens (primary N) is 1. The minimum Gasteiger partial charge on any atom is -0.385 e. The molecular formula is C11H13N3O4S3. The molecular weight excluding hydrogens is 334 g/mol. The molecule has 2 aromatic rings. The van der Waals surface area contributed by atoms with Gasteiger partial charge in [0.2, 0.25) is 0 Å². The molecule has 0 atom stereocenters. The molecule has 2 rings (SSSR count). The molecule has 0 aromatic carbocycles. The van der Waals surface area contributed by atoms with Gasteiger partial charge in [0, 0.05) is 22.4 Å². The van der Waals surface area contributed by atoms with Gasteiger partial charge in [-0.15, -0.1) is 11.3 Å². The van der Waals surface area contributed by atoms with Crippen molar-refractivity contribution >= 4 is 43.4 Å². The Hall–Kier alpha value is -1.49. The maximum absolute atomic E-state index is 12.1. The first-order valence-electron chi connectivity index (χ1n) is 5.80. The maximum Gasteiger partial charge on any atom is 0.304 e. The summed E-state index contributed by atoms with van der Waals surface area (Å²) in [6.45, 7) is 4.06. The average molecular weight is 347 g/mol. The summed E-state index contributed by atoms with van der Waals surface area (Å²) in [5, 5.41) is 10.6. The molecule has 7 nitrogen and oxygen atoms in total. The molecule has 10 heteroatoms. The number of nitrogens with zero attached hydrogens (tertiary/aromatic N) is 1. The summed E-state index contributed by atoms with van der Waals surface area (Å²) in [7, 11) is -3.81. The van der Waals surface area contributed by atoms with Crippen molar-refractivity contribution < 1.29 is 13.3 Å². The van der Waals surface area contributed by atoms with E-state index in [4.69, 9.17) is 5.73 Å². The van der Waals surface area contributed by atoms with E-state index in [9.17, 15) is 18.5 Å². The first kappa shape index (κ1) is 15.9. The summed E-state index contributed by atoms with van der Waals surface area (Å²) in [5.74, 6) is 0. The van der Waals surface area contributed by atoms with E-state index in [0.717, 1.165) is 21.4 Å². The summed E-state index contributed by atoms with van der Waals surface area (Å²) in [6, 6.07) is 2.89. The predicted octanol–water partition coefficient (Wildman–Crippen LogP) is 2.40. The van der Waals surface area contributed by atoms with Crippen LogP contribution in [0, 0.1) is 24.0 Å². The second-order valence-corrected chi connectivity index (χ2v) is 8.77. The highest BCUT2D eigenvalue weighted by molar-refractivity contribution is 7.91. The Morgan fingerprint density at radius 2 is 2.00 bits per heavy atom. The standard InChI is InChI=1S/C11H13N3O4S3/c1-6-3-8(19-7(6)2)5-13-21(17,18)10-4-9(14(15)16)11(12)20-10/h3-4,13H,5,12H2,1-2H3. The first-order chi connectivity index (χ1) is 9.70. The molecule has 3 N–H and O–H groups in total. The second-order valence-electron chi connectivity index (χ2n) is 4.35. The van der Waals surface area contributed by atoms with Crippen LogP contribution in [0.25, 0.3) is 0 Å². The lowest BCUT2D eigenvalue weighted by atomic mass is 10.3. The van der Waals surface area contributed by atoms with Gasteiger partial charge in [0.25, 0.3) is 10.0 Å². The lowest BCUT2D eigenvalue weighted by Gasteiger charge is -2.02. The Bertz CT molecular complexity index is 772. The molecule has 21 heavy (non-hydrogen) atoms. The molecule has 0 radical (unpaired) electrons. The lowest BCUT2D eigenvalue weighted by Crippen LogP contribution is -2.21. The zero-order chi connectivity index (χ0) is 15.8. The molecule has 0 unspecified atom stereocenters. The van der Waals surface area contributed by atoms with E-state index in [1.165, 1.54) is 11.3 Å². The maximum atomic E-state index is 12.1. The molecule has 2 aromatic heterocycles. The quantitative estimate of drug-likeness (QED) is 0.636. The van der Waals surface area contributed by atoms with Gasteiger partial charge < -0.3 is 5.73 Å². The Balaban J connectivity index is 2.18. The third kappa shape index (κ3) is 3.40. The van der Waals surface area contributed by atoms with Crippen LogP contribution in [-0.2, 0) is 16.6 Å². The van der Waals surface area contributed by atoms with Crippen LogP contribution in [0.3, 0.4) is 0 Å². The normalized spacial score (nSPS) is 11.7. The van der Waals surface area contributed by atoms with Gasteiger partial charge in [-0.3, -0.25) is 10.1 Å². The van der Waals surface area contributed by atoms with Gasteiger partial charge in [0.15, 0.2) is 5.00 Å². The van der Waals surface area contributed by atoms with Crippen LogP contribution in [0.5, 0.6) is 0 Å². The van der Waals surface area contributed by atoms with E-state index in [0.29, 0.717) is 11.3 Å². The van der Waals surface area contributed by atoms with Crippen LogP contribution < -0.4 is 10.5 Å². The van der Waals surface area contributed by atoms with E-state index < -0.39 is 14.9 Å². The van der Waals surface area contributed by atoms with E-state index in [2.05, 4.69) is 4.72 Å². The molecule has 2 heterocycles. The van der Waals surface area contributed by atoms with E-state index >= 15 is 0 Å². The summed E-state index contributed by atoms with van der Waals surface area (Å²) < 4.78 is 26.5. The number of hydrogen-bond donors (Lipinski definition) is 2. The highest BCUT2D eigenvalue weighted by Gasteiger charge is 2.24. The van der Waals surface area contributed by atoms with Crippen molar-refractivity contribution in [2.24, 2.45) is 0 Å². The Labute approximate surface area is 129 Å². The number of sulfonamides is 1. The van der Waals surface area contributed by atoms with Gasteiger partial charge in [-0.1, -0.05) is 11.3 Å². The third-order valence-electron chi connectivity index (χ3n) is 2.83. The van der Waals surface area contributed by atoms with Crippen molar-refractivity contribution in [3.05, 3.63) is 37.6 Å². The molecule has 0 aliphatic rings. The van der Waals surface area contributed by atoms with Crippen LogP contribution in [0.4, 0.5) is 10.7 Å². The van der Waals surface area contributed by atoms with Crippen molar-refractivity contribution in [3.8, 4) is 0 Å². The van der Waals surface area contributed by atoms with E-state index in [-0.39, 0.29) is 21.4 Å². The summed E-state index contributed by atoms with van der Waals surface area (Å²) in [5.41, 5.74) is 6.17. The van der Waals surface area contributed by atoms with Crippen LogP contribution in [0.15, 0.2) is 16.3 Å². The first-order valence-corrected chi connectivity index (χ1v) is 8.91. The monoisotopic (exact) mass is 347 g/mol. The second kappa shape index (κ2) is 5.72. The average Bonchev–Trinajstić information content (AvgIpc) is 2.92. The third-order valence-corrected chi connectivity index (χ3v) is 6.81. The van der Waals surface area contributed by atoms with Crippen molar-refractivity contribution in [2.75, 3.05) is 5.73 Å². The highest BCUT2D eigenvalue weighted by Crippen LogP contribution is 2.34. The van der Waals surface area contributed by atoms with Crippen molar-refractivity contribution in [1.29, 1.82) is 0 Å². The van der Waals surface area contributed by atoms with Gasteiger partial charge >= 0.3 is 5.69 Å². The van der Waals surface area contributed by atoms with Gasteiger partial charge in [-0.05, 0) is 25.5 Å². The zero-order valence-corrected chi connectivity index (χ0v) is 13.7. The fourth-order valence-corrected chi connectivity index (χ4v) is 4.97. The minimum absolute atomic E-state index is 0.122. The van der Waals surface area contributed by atoms with Gasteiger partial charge in [0.05, 0.1) is 4.92 Å². The van der Waals surface area contributed by atoms with Crippen molar-refractivity contribution in [3.63, 3.8) is 0 Å². The zero-order valence-electron chi connectivity index (χ0n) is 11.2. The minimum atomic E-state index is -3.81. The highest BCUT2D eigenvalue weighted by atomic mass is 32.2. The topological polar surface area (TPSA) is 115 Å². The Morgan fingerprint density at radius 3 is 2.48 bits per heavy atom. The number of anilines is 1. The smallest absolute Gasteiger partial charge is 0.304 e. The van der Waals surface area contributed by atoms with Crippen LogP contribution >= 0.6 is 22.7 Å². The summed E-state index contributed by atoms with van der Waals surface area (Å²) >= 11 is 2.19. The molecule has 0 spiro atoms. The van der Waals surface area contributed by atoms with Crippen molar-refractivity contribution in [2.45, 2.75) is 24.6 Å². The molecule has 114 valence electrons. The lowest BCUT2D eigenvalue weighted by molar-refractivity contribution is -0.383. The van der Waals surface area contributed by atoms with Gasteiger partial charge in [-0.2, -0.15) is 0 Å². The molecule has 0 aliphatic carbocycles. The SMILES string of the molecule is Cc1cc(CNS(=O)(=O)c2cc([N+](=O)[O-])c(N)s2)sc1C. The van der Waals surface area contributed by atoms with Crippen LogP contribution in [0.1, 0.15) is 15.3 Å². The number of aryl methyl sites for hydroxylation is 2. The van der Waals surface area contributed by atoms with Crippen LogP contribution in [-0.4, -0.2) is 13.3 Å². The molecule has 0 saturated carbocycles. The van der Waals surface area contributed by atoms with Gasteiger partial charge in [-0.25, -0.2) is 13.1 Å². The predicted molar refractivity (Wildman–Crippen MR) is 83.2 cm³/mol. The summed E-state index contributed by atoms with van der Waals surface area (Å²) in [4.78, 5) is 12.0. The number of nitrogen functional groups attached to an aromatic ring is 1. The number of nitrogens with one attached hydrogen (secondary N) is 1. The Morgan fingerprint density at radius 1 is 1.33 bits per heavy atom. The molecule has 0 amide bonds. The molecule has 0 aliphatic heterocycles. The fraction of sp³-hybridized carbons (Fsp3) is 0.273. The molecule has 0 bridgehead atoms. The number of thiophene rings is 2. The van der Waals surface area contributed by atoms with Crippen molar-refractivity contribution in [1.82, 2.24) is 4.72 Å². The fourth-order valence-electron chi connectivity index (χ4n) is 1.62. The summed E-state index contributed by atoms with van der Waals surface area (Å²) in [6.07, 6.45) is 0. The van der Waals surface area contributed by atoms with E-state index in [1.807, 2.05) is 19.9 Å². The van der Waals surface area contributed by atoms with Crippen LogP contribution in [0.2, 0.25) is 0 Å². The van der Waals surface area contributed by atoms with Gasteiger partial charge in [0.1, 0.15) is 4.21 Å².